The van der Waals surface area contributed by atoms with Gasteiger partial charge < -0.3 is 5.11 Å². The first kappa shape index (κ1) is 10.1. The summed E-state index contributed by atoms with van der Waals surface area (Å²) in [4.78, 5) is 13.9. The van der Waals surface area contributed by atoms with E-state index in [9.17, 15) is 4.79 Å². The molecule has 3 heteroatoms. The number of ketones is 1. The second-order valence-electron chi connectivity index (χ2n) is 4.54. The van der Waals surface area contributed by atoms with Gasteiger partial charge >= 0.3 is 0 Å². The molecule has 2 fully saturated rings. The van der Waals surface area contributed by atoms with E-state index in [-0.39, 0.29) is 12.6 Å². The SMILES string of the molecule is O=C1CCCC1N1CCC(CCO)C1. The minimum atomic E-state index is 0.221. The van der Waals surface area contributed by atoms with Gasteiger partial charge in [-0.15, -0.1) is 0 Å². The van der Waals surface area contributed by atoms with Crippen molar-refractivity contribution in [1.29, 1.82) is 0 Å². The second kappa shape index (κ2) is 4.41. The highest BCUT2D eigenvalue weighted by Gasteiger charge is 2.34. The molecule has 0 radical (unpaired) electrons. The van der Waals surface area contributed by atoms with E-state index in [4.69, 9.17) is 5.11 Å². The predicted molar refractivity (Wildman–Crippen MR) is 54.0 cm³/mol. The van der Waals surface area contributed by atoms with Crippen LogP contribution in [0.2, 0.25) is 0 Å². The third kappa shape index (κ3) is 1.98. The standard InChI is InChI=1S/C11H19NO2/c13-7-5-9-4-6-12(8-9)10-2-1-3-11(10)14/h9-10,13H,1-8H2. The molecular formula is C11H19NO2. The molecule has 1 N–H and O–H groups in total. The molecule has 0 aromatic carbocycles. The van der Waals surface area contributed by atoms with E-state index in [1.165, 1.54) is 0 Å². The molecule has 1 aliphatic carbocycles. The van der Waals surface area contributed by atoms with E-state index in [2.05, 4.69) is 4.90 Å². The molecule has 0 spiro atoms. The minimum Gasteiger partial charge on any atom is -0.396 e. The normalized spacial score (nSPS) is 34.2. The van der Waals surface area contributed by atoms with Crippen molar-refractivity contribution in [2.75, 3.05) is 19.7 Å². The summed E-state index contributed by atoms with van der Waals surface area (Å²) < 4.78 is 0. The van der Waals surface area contributed by atoms with Gasteiger partial charge in [0.2, 0.25) is 0 Å². The topological polar surface area (TPSA) is 40.5 Å². The molecule has 1 saturated heterocycles. The Bertz CT molecular complexity index is 217. The molecule has 2 unspecified atom stereocenters. The lowest BCUT2D eigenvalue weighted by atomic mass is 10.1. The third-order valence-electron chi connectivity index (χ3n) is 3.57. The highest BCUT2D eigenvalue weighted by Crippen LogP contribution is 2.27. The average molecular weight is 197 g/mol. The number of rotatable bonds is 3. The van der Waals surface area contributed by atoms with Crippen molar-refractivity contribution in [3.63, 3.8) is 0 Å². The van der Waals surface area contributed by atoms with Crippen LogP contribution in [0.25, 0.3) is 0 Å². The molecule has 0 amide bonds. The summed E-state index contributed by atoms with van der Waals surface area (Å²) in [5.74, 6) is 1.06. The number of hydrogen-bond acceptors (Lipinski definition) is 3. The average Bonchev–Trinajstić information content (AvgIpc) is 2.74. The summed E-state index contributed by atoms with van der Waals surface area (Å²) in [7, 11) is 0. The summed E-state index contributed by atoms with van der Waals surface area (Å²) in [6.45, 7) is 2.37. The van der Waals surface area contributed by atoms with Crippen molar-refractivity contribution < 1.29 is 9.90 Å². The predicted octanol–water partition coefficient (Wildman–Crippen LogP) is 0.812. The van der Waals surface area contributed by atoms with Crippen LogP contribution < -0.4 is 0 Å². The van der Waals surface area contributed by atoms with Crippen LogP contribution in [0.5, 0.6) is 0 Å². The van der Waals surface area contributed by atoms with Crippen LogP contribution in [0.4, 0.5) is 0 Å². The Hall–Kier alpha value is -0.410. The van der Waals surface area contributed by atoms with Crippen molar-refractivity contribution in [3.05, 3.63) is 0 Å². The fourth-order valence-corrected chi connectivity index (χ4v) is 2.75. The van der Waals surface area contributed by atoms with Crippen LogP contribution in [0.3, 0.4) is 0 Å². The molecule has 1 saturated carbocycles. The number of nitrogens with zero attached hydrogens (tertiary/aromatic N) is 1. The summed E-state index contributed by atoms with van der Waals surface area (Å²) in [6.07, 6.45) is 4.98. The van der Waals surface area contributed by atoms with Crippen molar-refractivity contribution >= 4 is 5.78 Å². The quantitative estimate of drug-likeness (QED) is 0.728. The largest absolute Gasteiger partial charge is 0.396 e. The Balaban J connectivity index is 1.85. The summed E-state index contributed by atoms with van der Waals surface area (Å²) in [6, 6.07) is 0.221. The molecule has 1 heterocycles. The zero-order valence-corrected chi connectivity index (χ0v) is 8.61. The summed E-state index contributed by atoms with van der Waals surface area (Å²) in [5.41, 5.74) is 0. The smallest absolute Gasteiger partial charge is 0.149 e. The summed E-state index contributed by atoms with van der Waals surface area (Å²) in [5, 5.41) is 8.84. The Morgan fingerprint density at radius 1 is 1.43 bits per heavy atom. The van der Waals surface area contributed by atoms with Gasteiger partial charge in [-0.25, -0.2) is 0 Å². The van der Waals surface area contributed by atoms with E-state index in [0.717, 1.165) is 45.2 Å². The van der Waals surface area contributed by atoms with Gasteiger partial charge in [-0.2, -0.15) is 0 Å². The van der Waals surface area contributed by atoms with Crippen molar-refractivity contribution in [2.45, 2.75) is 38.1 Å². The van der Waals surface area contributed by atoms with Crippen LogP contribution in [0, 0.1) is 5.92 Å². The molecule has 1 aliphatic heterocycles. The van der Waals surface area contributed by atoms with Crippen LogP contribution in [0.1, 0.15) is 32.1 Å². The zero-order chi connectivity index (χ0) is 9.97. The Labute approximate surface area is 85.1 Å². The van der Waals surface area contributed by atoms with E-state index in [1.54, 1.807) is 0 Å². The van der Waals surface area contributed by atoms with Crippen LogP contribution in [-0.4, -0.2) is 41.5 Å². The van der Waals surface area contributed by atoms with Crippen molar-refractivity contribution in [2.24, 2.45) is 5.92 Å². The van der Waals surface area contributed by atoms with Crippen molar-refractivity contribution in [3.8, 4) is 0 Å². The molecule has 14 heavy (non-hydrogen) atoms. The lowest BCUT2D eigenvalue weighted by Gasteiger charge is -2.22. The number of aliphatic hydroxyl groups excluding tert-OH is 1. The van der Waals surface area contributed by atoms with E-state index < -0.39 is 0 Å². The molecular weight excluding hydrogens is 178 g/mol. The Morgan fingerprint density at radius 2 is 2.29 bits per heavy atom. The van der Waals surface area contributed by atoms with Gasteiger partial charge in [0.25, 0.3) is 0 Å². The van der Waals surface area contributed by atoms with Gasteiger partial charge in [-0.3, -0.25) is 9.69 Å². The van der Waals surface area contributed by atoms with E-state index in [0.29, 0.717) is 11.7 Å². The maximum absolute atomic E-state index is 11.5. The first-order valence-corrected chi connectivity index (χ1v) is 5.69. The second-order valence-corrected chi connectivity index (χ2v) is 4.54. The number of aliphatic hydroxyl groups is 1. The first-order valence-electron chi connectivity index (χ1n) is 5.69. The monoisotopic (exact) mass is 197 g/mol. The Kier molecular flexibility index (Phi) is 3.19. The molecule has 2 atom stereocenters. The van der Waals surface area contributed by atoms with Crippen LogP contribution >= 0.6 is 0 Å². The van der Waals surface area contributed by atoms with Crippen LogP contribution in [-0.2, 0) is 4.79 Å². The molecule has 0 aromatic heterocycles. The highest BCUT2D eigenvalue weighted by atomic mass is 16.3. The summed E-state index contributed by atoms with van der Waals surface area (Å²) >= 11 is 0. The van der Waals surface area contributed by atoms with Gasteiger partial charge in [0.15, 0.2) is 0 Å². The third-order valence-corrected chi connectivity index (χ3v) is 3.57. The van der Waals surface area contributed by atoms with Crippen molar-refractivity contribution in [1.82, 2.24) is 4.90 Å². The Morgan fingerprint density at radius 3 is 2.93 bits per heavy atom. The fraction of sp³-hybridized carbons (Fsp3) is 0.909. The van der Waals surface area contributed by atoms with E-state index >= 15 is 0 Å². The van der Waals surface area contributed by atoms with Crippen LogP contribution in [0.15, 0.2) is 0 Å². The number of Topliss-reactive ketones (excluding diaryl/α,β-unsaturated/α-hetero) is 1. The zero-order valence-electron chi connectivity index (χ0n) is 8.61. The molecule has 3 nitrogen and oxygen atoms in total. The number of hydrogen-bond donors (Lipinski definition) is 1. The molecule has 0 bridgehead atoms. The highest BCUT2D eigenvalue weighted by molar-refractivity contribution is 5.85. The lowest BCUT2D eigenvalue weighted by Crippen LogP contribution is -2.36. The minimum absolute atomic E-state index is 0.221. The molecule has 0 aromatic rings. The maximum atomic E-state index is 11.5. The van der Waals surface area contributed by atoms with Gasteiger partial charge in [-0.05, 0) is 38.1 Å². The first-order chi connectivity index (χ1) is 6.81. The number of carbonyl (C=O) groups is 1. The fourth-order valence-electron chi connectivity index (χ4n) is 2.75. The maximum Gasteiger partial charge on any atom is 0.149 e. The lowest BCUT2D eigenvalue weighted by molar-refractivity contribution is -0.121. The molecule has 80 valence electrons. The van der Waals surface area contributed by atoms with E-state index in [1.807, 2.05) is 0 Å². The molecule has 2 rings (SSSR count). The van der Waals surface area contributed by atoms with Gasteiger partial charge in [0, 0.05) is 19.6 Å². The molecule has 2 aliphatic rings. The van der Waals surface area contributed by atoms with Gasteiger partial charge in [0.05, 0.1) is 6.04 Å². The number of carbonyl (C=O) groups excluding carboxylic acids is 1. The van der Waals surface area contributed by atoms with Gasteiger partial charge in [-0.1, -0.05) is 0 Å². The van der Waals surface area contributed by atoms with Gasteiger partial charge in [0.1, 0.15) is 5.78 Å². The number of likely N-dealkylation sites (tertiary alicyclic amines) is 1.